The molecule has 0 saturated carbocycles. The van der Waals surface area contributed by atoms with E-state index in [2.05, 4.69) is 67.1 Å². The number of amides is 8. The minimum Gasteiger partial charge on any atom is -0.489 e. The number of nitrogens with one attached hydrogen (secondary N) is 7. The largest absolute Gasteiger partial charge is 0.489 e. The maximum Gasteiger partial charge on any atom is 0.407 e. The highest BCUT2D eigenvalue weighted by Crippen LogP contribution is 2.45. The summed E-state index contributed by atoms with van der Waals surface area (Å²) in [6.45, 7) is 4.49. The van der Waals surface area contributed by atoms with Crippen LogP contribution in [0.4, 0.5) is 10.5 Å². The average Bonchev–Trinajstić information content (AvgIpc) is 1.58. The molecule has 130 heavy (non-hydrogen) atoms. The number of anilines is 1. The minimum atomic E-state index is -1.56. The summed E-state index contributed by atoms with van der Waals surface area (Å²) in [6.07, 6.45) is 8.32. The Morgan fingerprint density at radius 2 is 0.762 bits per heavy atom. The third-order valence-electron chi connectivity index (χ3n) is 22.4. The first-order valence-corrected chi connectivity index (χ1v) is 42.5. The second kappa shape index (κ2) is 40.6. The molecule has 7 aromatic carbocycles. The maximum atomic E-state index is 14.9. The number of carbonyl (C=O) groups excluding carboxylic acids is 8. The van der Waals surface area contributed by atoms with Crippen molar-refractivity contribution in [1.29, 1.82) is 0 Å². The molecule has 8 heterocycles. The van der Waals surface area contributed by atoms with Gasteiger partial charge in [-0.25, -0.2) is 14.8 Å². The first kappa shape index (κ1) is 86.9. The van der Waals surface area contributed by atoms with Crippen LogP contribution in [0.1, 0.15) is 72.9 Å². The molecule has 648 valence electrons. The van der Waals surface area contributed by atoms with Crippen LogP contribution in [0.25, 0.3) is 101 Å². The molecule has 15 aromatic rings. The van der Waals surface area contributed by atoms with E-state index in [0.29, 0.717) is 72.9 Å². The van der Waals surface area contributed by atoms with Crippen LogP contribution in [0.2, 0.25) is 0 Å². The quantitative estimate of drug-likeness (QED) is 0.0174. The third-order valence-corrected chi connectivity index (χ3v) is 22.4. The predicted octanol–water partition coefficient (Wildman–Crippen LogP) is 14.4. The summed E-state index contributed by atoms with van der Waals surface area (Å²) in [7, 11) is 0. The van der Waals surface area contributed by atoms with Gasteiger partial charge in [0.1, 0.15) is 67.6 Å². The van der Waals surface area contributed by atoms with Crippen molar-refractivity contribution < 1.29 is 52.6 Å². The molecule has 1 aliphatic carbocycles. The van der Waals surface area contributed by atoms with E-state index in [0.717, 1.165) is 78.4 Å². The van der Waals surface area contributed by atoms with E-state index in [-0.39, 0.29) is 51.4 Å². The van der Waals surface area contributed by atoms with E-state index in [1.807, 2.05) is 200 Å². The van der Waals surface area contributed by atoms with Crippen LogP contribution in [0, 0.1) is 0 Å². The first-order valence-electron chi connectivity index (χ1n) is 42.5. The topological polar surface area (TPSA) is 378 Å². The monoisotopic (exact) mass is 1730 g/mol. The van der Waals surface area contributed by atoms with Gasteiger partial charge in [0, 0.05) is 73.1 Å². The molecule has 8 amide bonds. The van der Waals surface area contributed by atoms with Gasteiger partial charge in [-0.3, -0.25) is 63.5 Å². The standard InChI is InChI=1S/C103H90N16O11/c1-62(97(104)121)111-101(125)92(52-65-32-40-74(41-33-65)128-59-67-28-36-69(37-29-67)72-55-88(82-24-8-12-46-105-82)114-89(56-72)83-25-9-13-47-106-83)118-99(123)64(3)112-100(124)86(44-45-94(120)116-87-54-71-18-16-50-109-95(71)96-80(87)23-17-51-110-96)117-98(122)63(2)113-102(126)93(119-103(127)130-61-81-78-21-6-4-19-76(78)77-20-5-7-22-79(77)81)53-66-34-42-75(43-35-66)129-60-68-30-38-70(39-31-68)73-57-90(84-26-10-14-48-107-84)115-91(58-73)85-27-11-15-49-108-85/h4-43,46-51,54-58,62-64,81,86,92-93H,44-45,52-53,59-61H2,1-3H3,(H2,104,121)(H,111,125)(H,112,124)(H,113,126)(H,116,120)(H,117,122)(H,118,123)(H,119,127)/t62-,63-,64-,86-,92-,93-/m0/s1. The molecule has 27 nitrogen and oxygen atoms in total. The van der Waals surface area contributed by atoms with Gasteiger partial charge in [0.05, 0.1) is 62.3 Å². The van der Waals surface area contributed by atoms with Crippen molar-refractivity contribution in [2.45, 2.75) is 102 Å². The maximum absolute atomic E-state index is 14.9. The zero-order chi connectivity index (χ0) is 90.0. The number of carbonyl (C=O) groups is 8. The highest BCUT2D eigenvalue weighted by atomic mass is 16.5. The van der Waals surface area contributed by atoms with E-state index in [4.69, 9.17) is 29.9 Å². The summed E-state index contributed by atoms with van der Waals surface area (Å²) in [6, 6.07) is 76.9. The molecule has 9 N–H and O–H groups in total. The van der Waals surface area contributed by atoms with Gasteiger partial charge in [-0.2, -0.15) is 0 Å². The van der Waals surface area contributed by atoms with Gasteiger partial charge in [0.15, 0.2) is 0 Å². The fourth-order valence-electron chi connectivity index (χ4n) is 15.4. The number of nitrogens with two attached hydrogens (primary N) is 1. The van der Waals surface area contributed by atoms with Crippen molar-refractivity contribution in [1.82, 2.24) is 71.8 Å². The molecule has 0 bridgehead atoms. The van der Waals surface area contributed by atoms with Crippen molar-refractivity contribution in [3.05, 3.63) is 344 Å². The number of pyridine rings is 8. The van der Waals surface area contributed by atoms with Crippen molar-refractivity contribution >= 4 is 74.9 Å². The van der Waals surface area contributed by atoms with Gasteiger partial charge in [-0.15, -0.1) is 0 Å². The van der Waals surface area contributed by atoms with Gasteiger partial charge in [-0.05, 0) is 215 Å². The fraction of sp³-hybridized carbons (Fsp3) is 0.165. The number of primary amides is 1. The van der Waals surface area contributed by atoms with Crippen molar-refractivity contribution in [3.8, 4) is 90.4 Å². The number of fused-ring (bicyclic) bond motifs is 6. The highest BCUT2D eigenvalue weighted by molar-refractivity contribution is 6.12. The van der Waals surface area contributed by atoms with Crippen LogP contribution in [-0.4, -0.2) is 130 Å². The number of hydrogen-bond acceptors (Lipinski definition) is 19. The number of nitrogens with zero attached hydrogens (tertiary/aromatic N) is 8. The Kier molecular flexibility index (Phi) is 27.1. The van der Waals surface area contributed by atoms with Gasteiger partial charge in [0.25, 0.3) is 0 Å². The molecule has 0 spiro atoms. The molecule has 6 atom stereocenters. The highest BCUT2D eigenvalue weighted by Gasteiger charge is 2.34. The Labute approximate surface area is 748 Å². The smallest absolute Gasteiger partial charge is 0.407 e. The molecule has 16 rings (SSSR count). The van der Waals surface area contributed by atoms with E-state index in [1.165, 1.54) is 20.8 Å². The molecular formula is C103H90N16O11. The van der Waals surface area contributed by atoms with E-state index >= 15 is 0 Å². The van der Waals surface area contributed by atoms with E-state index in [9.17, 15) is 38.4 Å². The number of alkyl carbamates (subject to hydrolysis) is 1. The molecule has 0 saturated heterocycles. The molecule has 27 heteroatoms. The Bertz CT molecular complexity index is 6470. The Morgan fingerprint density at radius 3 is 1.22 bits per heavy atom. The lowest BCUT2D eigenvalue weighted by Gasteiger charge is -2.25. The Morgan fingerprint density at radius 1 is 0.362 bits per heavy atom. The van der Waals surface area contributed by atoms with Crippen LogP contribution in [-0.2, 0) is 64.4 Å². The van der Waals surface area contributed by atoms with Gasteiger partial charge < -0.3 is 57.2 Å². The molecular weight excluding hydrogens is 1640 g/mol. The molecule has 0 fully saturated rings. The summed E-state index contributed by atoms with van der Waals surface area (Å²) >= 11 is 0. The molecule has 8 aromatic heterocycles. The zero-order valence-electron chi connectivity index (χ0n) is 71.1. The third kappa shape index (κ3) is 21.5. The predicted molar refractivity (Wildman–Crippen MR) is 494 cm³/mol. The van der Waals surface area contributed by atoms with Crippen LogP contribution < -0.4 is 52.4 Å². The SMILES string of the molecule is C[C@H](NC(=O)[C@H](Cc1ccc(OCc2ccc(-c3cc(-c4ccccn4)nc(-c4ccccn4)c3)cc2)cc1)NC(=O)[C@H](C)NC(=O)[C@H](CCC(=O)Nc1cc2cccnc2c2ncccc12)NC(=O)[C@H](C)NC(=O)[C@H](Cc1ccc(OCc2ccc(-c3cc(-c4ccccn4)nc(-c4ccccn4)c3)cc2)cc1)NC(=O)OCC1c2ccccc2-c2ccccc21)C(N)=O. The average molecular weight is 1730 g/mol. The molecule has 0 aliphatic heterocycles. The lowest BCUT2D eigenvalue weighted by atomic mass is 9.98. The van der Waals surface area contributed by atoms with Gasteiger partial charge >= 0.3 is 6.09 Å². The first-order chi connectivity index (χ1) is 63.3. The summed E-state index contributed by atoms with van der Waals surface area (Å²) in [4.78, 5) is 151. The minimum absolute atomic E-state index is 0.0712. The number of hydrogen-bond donors (Lipinski definition) is 8. The van der Waals surface area contributed by atoms with Crippen LogP contribution >= 0.6 is 0 Å². The molecule has 1 aliphatic rings. The van der Waals surface area contributed by atoms with Gasteiger partial charge in [-0.1, -0.05) is 152 Å². The number of ether oxygens (including phenoxy) is 3. The lowest BCUT2D eigenvalue weighted by molar-refractivity contribution is -0.135. The van der Waals surface area contributed by atoms with Crippen molar-refractivity contribution in [3.63, 3.8) is 0 Å². The second-order valence-corrected chi connectivity index (χ2v) is 31.5. The van der Waals surface area contributed by atoms with Crippen LogP contribution in [0.15, 0.2) is 310 Å². The van der Waals surface area contributed by atoms with Gasteiger partial charge in [0.2, 0.25) is 41.4 Å². The summed E-state index contributed by atoms with van der Waals surface area (Å²) in [5.74, 6) is -4.91. The summed E-state index contributed by atoms with van der Waals surface area (Å²) in [5, 5.41) is 20.4. The number of rotatable bonds is 34. The van der Waals surface area contributed by atoms with Crippen molar-refractivity contribution in [2.75, 3.05) is 11.9 Å². The van der Waals surface area contributed by atoms with Crippen LogP contribution in [0.5, 0.6) is 11.5 Å². The van der Waals surface area contributed by atoms with Crippen LogP contribution in [0.3, 0.4) is 0 Å². The fourth-order valence-corrected chi connectivity index (χ4v) is 15.4. The Balaban J connectivity index is 0.595. The Hall–Kier alpha value is -16.6. The lowest BCUT2D eigenvalue weighted by Crippen LogP contribution is -2.59. The van der Waals surface area contributed by atoms with E-state index < -0.39 is 83.7 Å². The summed E-state index contributed by atoms with van der Waals surface area (Å²) < 4.78 is 18.5. The molecule has 0 unspecified atom stereocenters. The number of aromatic nitrogens is 8. The normalized spacial score (nSPS) is 12.9. The zero-order valence-corrected chi connectivity index (χ0v) is 71.1. The number of benzene rings is 7. The summed E-state index contributed by atoms with van der Waals surface area (Å²) in [5.41, 5.74) is 23.5. The van der Waals surface area contributed by atoms with Crippen molar-refractivity contribution in [2.24, 2.45) is 5.73 Å². The molecule has 0 radical (unpaired) electrons. The van der Waals surface area contributed by atoms with E-state index in [1.54, 1.807) is 110 Å². The second-order valence-electron chi connectivity index (χ2n) is 31.5.